The average molecular weight is 679 g/mol. The number of fused-ring (bicyclic) bond motifs is 5. The molecule has 4 saturated heterocycles. The third-order valence-electron chi connectivity index (χ3n) is 10.5. The lowest BCUT2D eigenvalue weighted by atomic mass is 9.95. The molecule has 0 unspecified atom stereocenters. The van der Waals surface area contributed by atoms with Gasteiger partial charge in [-0.3, -0.25) is 9.80 Å². The number of nitrogens with zero attached hydrogens (tertiary/aromatic N) is 7. The van der Waals surface area contributed by atoms with Crippen LogP contribution in [0.2, 0.25) is 5.02 Å². The third-order valence-corrected chi connectivity index (χ3v) is 11.8. The summed E-state index contributed by atoms with van der Waals surface area (Å²) in [6.45, 7) is 2.81. The lowest BCUT2D eigenvalue weighted by molar-refractivity contribution is 0.107. The van der Waals surface area contributed by atoms with E-state index in [0.717, 1.165) is 43.6 Å². The van der Waals surface area contributed by atoms with E-state index < -0.39 is 23.3 Å². The normalized spacial score (nSPS) is 25.8. The van der Waals surface area contributed by atoms with E-state index in [1.807, 2.05) is 6.07 Å². The number of rotatable bonds is 6. The van der Waals surface area contributed by atoms with Gasteiger partial charge in [0, 0.05) is 54.5 Å². The Morgan fingerprint density at radius 3 is 2.68 bits per heavy atom. The second kappa shape index (κ2) is 11.4. The lowest BCUT2D eigenvalue weighted by Gasteiger charge is -2.40. The first-order chi connectivity index (χ1) is 22.7. The average Bonchev–Trinajstić information content (AvgIpc) is 3.74. The molecule has 2 N–H and O–H groups in total. The van der Waals surface area contributed by atoms with Gasteiger partial charge in [-0.2, -0.15) is 20.5 Å². The maximum absolute atomic E-state index is 17.0. The van der Waals surface area contributed by atoms with Gasteiger partial charge in [0.2, 0.25) is 0 Å². The number of thiophene rings is 1. The van der Waals surface area contributed by atoms with Crippen molar-refractivity contribution in [2.24, 2.45) is 0 Å². The second-order valence-electron chi connectivity index (χ2n) is 13.0. The molecule has 6 heterocycles. The highest BCUT2D eigenvalue weighted by Crippen LogP contribution is 2.46. The van der Waals surface area contributed by atoms with E-state index in [0.29, 0.717) is 43.8 Å². The summed E-state index contributed by atoms with van der Waals surface area (Å²) in [6, 6.07) is 8.75. The van der Waals surface area contributed by atoms with Crippen LogP contribution in [-0.2, 0) is 0 Å². The van der Waals surface area contributed by atoms with Crippen molar-refractivity contribution in [2.45, 2.75) is 55.9 Å². The predicted octanol–water partition coefficient (Wildman–Crippen LogP) is 6.03. The quantitative estimate of drug-likeness (QED) is 0.244. The smallest absolute Gasteiger partial charge is 0.319 e. The first-order valence-electron chi connectivity index (χ1n) is 15.7. The molecule has 4 aromatic rings. The minimum Gasteiger partial charge on any atom is -0.461 e. The predicted molar refractivity (Wildman–Crippen MR) is 174 cm³/mol. The van der Waals surface area contributed by atoms with Crippen LogP contribution in [0.15, 0.2) is 18.2 Å². The number of nitrogens with two attached hydrogens (primary N) is 1. The minimum absolute atomic E-state index is 0.0308. The molecule has 0 radical (unpaired) electrons. The summed E-state index contributed by atoms with van der Waals surface area (Å²) in [5, 5.41) is 20.0. The number of anilines is 2. The van der Waals surface area contributed by atoms with Crippen LogP contribution in [0.3, 0.4) is 0 Å². The first kappa shape index (κ1) is 30.5. The Morgan fingerprint density at radius 2 is 1.94 bits per heavy atom. The van der Waals surface area contributed by atoms with Crippen molar-refractivity contribution in [3.8, 4) is 29.3 Å². The maximum Gasteiger partial charge on any atom is 0.319 e. The summed E-state index contributed by atoms with van der Waals surface area (Å²) in [7, 11) is 0. The number of hydrogen-bond acceptors (Lipinski definition) is 10. The highest BCUT2D eigenvalue weighted by Gasteiger charge is 2.49. The van der Waals surface area contributed by atoms with E-state index in [4.69, 9.17) is 27.1 Å². The summed E-state index contributed by atoms with van der Waals surface area (Å²) in [5.74, 6) is -0.880. The van der Waals surface area contributed by atoms with E-state index >= 15 is 4.39 Å². The Morgan fingerprint density at radius 1 is 1.15 bits per heavy atom. The van der Waals surface area contributed by atoms with Gasteiger partial charge in [-0.1, -0.05) is 17.7 Å². The van der Waals surface area contributed by atoms with E-state index in [-0.39, 0.29) is 67.0 Å². The molecule has 8 rings (SSSR count). The van der Waals surface area contributed by atoms with Gasteiger partial charge in [-0.05, 0) is 49.9 Å². The zero-order chi connectivity index (χ0) is 32.6. The van der Waals surface area contributed by atoms with E-state index in [9.17, 15) is 19.3 Å². The van der Waals surface area contributed by atoms with Crippen LogP contribution < -0.4 is 15.4 Å². The molecule has 14 heteroatoms. The Balaban J connectivity index is 1.27. The van der Waals surface area contributed by atoms with Crippen LogP contribution in [0.1, 0.15) is 37.7 Å². The number of piperazine rings is 1. The number of benzene rings is 2. The van der Waals surface area contributed by atoms with Crippen LogP contribution in [0.4, 0.5) is 24.0 Å². The number of hydrogen-bond donors (Lipinski definition) is 1. The monoisotopic (exact) mass is 678 g/mol. The highest BCUT2D eigenvalue weighted by atomic mass is 35.5. The summed E-state index contributed by atoms with van der Waals surface area (Å²) >= 11 is 7.78. The maximum atomic E-state index is 17.0. The topological polar surface area (TPSA) is 118 Å². The molecule has 47 heavy (non-hydrogen) atoms. The summed E-state index contributed by atoms with van der Waals surface area (Å²) in [5.41, 5.74) is 5.81. The van der Waals surface area contributed by atoms with Crippen molar-refractivity contribution in [3.05, 3.63) is 40.4 Å². The van der Waals surface area contributed by atoms with E-state index in [2.05, 4.69) is 25.8 Å². The van der Waals surface area contributed by atoms with Crippen molar-refractivity contribution in [1.29, 1.82) is 10.5 Å². The zero-order valence-electron chi connectivity index (χ0n) is 25.3. The fourth-order valence-electron chi connectivity index (χ4n) is 8.37. The minimum atomic E-state index is -0.939. The molecule has 0 spiro atoms. The first-order valence-corrected chi connectivity index (χ1v) is 16.9. The number of nitrogen functional groups attached to an aromatic ring is 1. The van der Waals surface area contributed by atoms with Crippen molar-refractivity contribution in [1.82, 2.24) is 19.8 Å². The van der Waals surface area contributed by atoms with Crippen LogP contribution in [0, 0.1) is 34.3 Å². The van der Waals surface area contributed by atoms with Gasteiger partial charge in [0.05, 0.1) is 33.4 Å². The highest BCUT2D eigenvalue weighted by molar-refractivity contribution is 7.23. The van der Waals surface area contributed by atoms with Gasteiger partial charge < -0.3 is 15.4 Å². The number of halogens is 4. The Bertz CT molecular complexity index is 2020. The number of aromatic nitrogens is 2. The summed E-state index contributed by atoms with van der Waals surface area (Å²) < 4.78 is 52.8. The number of alkyl halides is 1. The molecule has 2 aromatic carbocycles. The molecular formula is C33H30ClF3N8OS. The lowest BCUT2D eigenvalue weighted by Crippen LogP contribution is -2.54. The largest absolute Gasteiger partial charge is 0.461 e. The molecule has 0 saturated carbocycles. The molecule has 9 nitrogen and oxygen atoms in total. The second-order valence-corrected chi connectivity index (χ2v) is 14.5. The van der Waals surface area contributed by atoms with E-state index in [1.165, 1.54) is 12.1 Å². The summed E-state index contributed by atoms with van der Waals surface area (Å²) in [6.07, 6.45) is 3.02. The molecule has 4 fully saturated rings. The van der Waals surface area contributed by atoms with Crippen molar-refractivity contribution >= 4 is 54.7 Å². The standard InChI is InChI=1S/C33H30ClF3N8OS/c34-23-10-21-28(27(37)26(23)20-4-5-24(36)29-25(20)22(12-39)30(40)47-29)41-32(46-16-33-6-1-8-44(33)13-17(35)11-33)42-31(21)43-14-18-2-3-19(15-43)45(18)9-7-38/h4-5,10,17-19H,1-3,6,8-9,11,13-16,40H2/t17-,18-,19+,33+/m1/s1. The Kier molecular flexibility index (Phi) is 7.37. The fourth-order valence-corrected chi connectivity index (χ4v) is 9.61. The van der Waals surface area contributed by atoms with Crippen LogP contribution >= 0.6 is 22.9 Å². The van der Waals surface area contributed by atoms with Crippen molar-refractivity contribution in [2.75, 3.05) is 50.0 Å². The van der Waals surface area contributed by atoms with E-state index in [1.54, 1.807) is 6.07 Å². The third kappa shape index (κ3) is 4.78. The fraction of sp³-hybridized carbons (Fsp3) is 0.455. The van der Waals surface area contributed by atoms with Crippen molar-refractivity contribution < 1.29 is 17.9 Å². The van der Waals surface area contributed by atoms with Crippen LogP contribution in [-0.4, -0.2) is 82.9 Å². The van der Waals surface area contributed by atoms with Gasteiger partial charge >= 0.3 is 6.01 Å². The van der Waals surface area contributed by atoms with Gasteiger partial charge in [0.1, 0.15) is 41.0 Å². The molecular weight excluding hydrogens is 649 g/mol. The Hall–Kier alpha value is -3.88. The molecule has 4 aliphatic heterocycles. The van der Waals surface area contributed by atoms with Crippen LogP contribution in [0.25, 0.3) is 32.1 Å². The van der Waals surface area contributed by atoms with Gasteiger partial charge in [0.25, 0.3) is 0 Å². The zero-order valence-corrected chi connectivity index (χ0v) is 26.9. The number of nitriles is 2. The molecule has 4 aliphatic rings. The Labute approximate surface area is 277 Å². The summed E-state index contributed by atoms with van der Waals surface area (Å²) in [4.78, 5) is 15.8. The molecule has 242 valence electrons. The van der Waals surface area contributed by atoms with Crippen molar-refractivity contribution in [3.63, 3.8) is 0 Å². The van der Waals surface area contributed by atoms with Gasteiger partial charge in [0.15, 0.2) is 5.82 Å². The molecule has 2 aromatic heterocycles. The number of ether oxygens (including phenoxy) is 1. The van der Waals surface area contributed by atoms with Gasteiger partial charge in [-0.15, -0.1) is 11.3 Å². The molecule has 0 amide bonds. The SMILES string of the molecule is N#CCN1[C@@H]2CC[C@H]1CN(c1nc(OC[C@@]34CCCN3C[C@H](F)C4)nc3c(F)c(-c4ccc(F)c5sc(N)c(C#N)c45)c(Cl)cc13)C2. The molecule has 2 bridgehead atoms. The van der Waals surface area contributed by atoms with Gasteiger partial charge in [-0.25, -0.2) is 13.2 Å². The van der Waals surface area contributed by atoms with Crippen LogP contribution in [0.5, 0.6) is 6.01 Å². The molecule has 4 atom stereocenters. The molecule has 0 aliphatic carbocycles.